The molecule has 2 amide bonds. The van der Waals surface area contributed by atoms with Gasteiger partial charge in [0.25, 0.3) is 5.91 Å². The predicted molar refractivity (Wildman–Crippen MR) is 110 cm³/mol. The van der Waals surface area contributed by atoms with Crippen LogP contribution in [0.15, 0.2) is 42.5 Å². The third-order valence-electron chi connectivity index (χ3n) is 5.13. The molecule has 6 nitrogen and oxygen atoms in total. The van der Waals surface area contributed by atoms with Gasteiger partial charge >= 0.3 is 0 Å². The van der Waals surface area contributed by atoms with Crippen LogP contribution >= 0.6 is 11.6 Å². The number of carbonyl (C=O) groups is 2. The normalized spacial score (nSPS) is 17.4. The zero-order valence-corrected chi connectivity index (χ0v) is 16.8. The zero-order valence-electron chi connectivity index (χ0n) is 16.0. The van der Waals surface area contributed by atoms with E-state index in [0.717, 1.165) is 24.8 Å². The number of halogens is 1. The summed E-state index contributed by atoms with van der Waals surface area (Å²) in [5, 5.41) is 3.26. The van der Waals surface area contributed by atoms with E-state index < -0.39 is 6.04 Å². The highest BCUT2D eigenvalue weighted by atomic mass is 35.5. The highest BCUT2D eigenvalue weighted by Gasteiger charge is 2.33. The number of hydrogen-bond donors (Lipinski definition) is 1. The first kappa shape index (κ1) is 19.6. The Kier molecular flexibility index (Phi) is 5.90. The number of benzene rings is 2. The molecule has 0 bridgehead atoms. The summed E-state index contributed by atoms with van der Waals surface area (Å²) in [5.74, 6) is 0.802. The lowest BCUT2D eigenvalue weighted by molar-refractivity contribution is -0.141. The lowest BCUT2D eigenvalue weighted by Crippen LogP contribution is -2.43. The fourth-order valence-electron chi connectivity index (χ4n) is 3.69. The Morgan fingerprint density at radius 1 is 1.03 bits per heavy atom. The van der Waals surface area contributed by atoms with Crippen LogP contribution in [0.5, 0.6) is 11.5 Å². The Bertz CT molecular complexity index is 903. The minimum Gasteiger partial charge on any atom is -0.490 e. The SMILES string of the molecule is O=C(Nc1cc2c(cc1Cl)OCCCO2)C(c1ccccc1)N1CCCCC1=O. The first-order chi connectivity index (χ1) is 14.1. The molecule has 1 fully saturated rings. The Labute approximate surface area is 174 Å². The third kappa shape index (κ3) is 4.32. The fraction of sp³-hybridized carbons (Fsp3) is 0.364. The molecule has 0 spiro atoms. The van der Waals surface area contributed by atoms with Gasteiger partial charge in [-0.05, 0) is 18.4 Å². The van der Waals surface area contributed by atoms with Crippen molar-refractivity contribution in [3.8, 4) is 11.5 Å². The molecule has 152 valence electrons. The monoisotopic (exact) mass is 414 g/mol. The minimum absolute atomic E-state index is 0.00925. The number of fused-ring (bicyclic) bond motifs is 1. The molecule has 0 radical (unpaired) electrons. The average Bonchev–Trinajstić information content (AvgIpc) is 2.96. The highest BCUT2D eigenvalue weighted by Crippen LogP contribution is 2.38. The predicted octanol–water partition coefficient (Wildman–Crippen LogP) is 4.19. The molecule has 29 heavy (non-hydrogen) atoms. The highest BCUT2D eigenvalue weighted by molar-refractivity contribution is 6.34. The summed E-state index contributed by atoms with van der Waals surface area (Å²) in [6.07, 6.45) is 2.97. The number of anilines is 1. The molecule has 2 aliphatic rings. The number of carbonyl (C=O) groups excluding carboxylic acids is 2. The van der Waals surface area contributed by atoms with Crippen molar-refractivity contribution in [3.63, 3.8) is 0 Å². The van der Waals surface area contributed by atoms with Crippen molar-refractivity contribution in [1.82, 2.24) is 4.90 Å². The van der Waals surface area contributed by atoms with Crippen LogP contribution in [0.25, 0.3) is 0 Å². The third-order valence-corrected chi connectivity index (χ3v) is 5.44. The standard InChI is InChI=1S/C22H23ClN2O4/c23-16-13-18-19(29-12-6-11-28-18)14-17(16)24-22(27)21(15-7-2-1-3-8-15)25-10-5-4-9-20(25)26/h1-3,7-8,13-14,21H,4-6,9-12H2,(H,24,27). The molecule has 1 N–H and O–H groups in total. The Balaban J connectivity index is 1.63. The van der Waals surface area contributed by atoms with Crippen molar-refractivity contribution in [2.75, 3.05) is 25.1 Å². The van der Waals surface area contributed by atoms with Gasteiger partial charge < -0.3 is 19.7 Å². The maximum absolute atomic E-state index is 13.3. The van der Waals surface area contributed by atoms with Crippen molar-refractivity contribution < 1.29 is 19.1 Å². The summed E-state index contributed by atoms with van der Waals surface area (Å²) in [4.78, 5) is 27.5. The molecule has 2 aromatic carbocycles. The van der Waals surface area contributed by atoms with Crippen molar-refractivity contribution in [1.29, 1.82) is 0 Å². The Morgan fingerprint density at radius 2 is 1.76 bits per heavy atom. The summed E-state index contributed by atoms with van der Waals surface area (Å²) in [5.41, 5.74) is 1.21. The molecular formula is C22H23ClN2O4. The van der Waals surface area contributed by atoms with Crippen molar-refractivity contribution in [2.45, 2.75) is 31.7 Å². The van der Waals surface area contributed by atoms with Gasteiger partial charge in [-0.2, -0.15) is 0 Å². The van der Waals surface area contributed by atoms with Crippen molar-refractivity contribution >= 4 is 29.1 Å². The maximum atomic E-state index is 13.3. The summed E-state index contributed by atoms with van der Waals surface area (Å²) in [7, 11) is 0. The largest absolute Gasteiger partial charge is 0.490 e. The summed E-state index contributed by atoms with van der Waals surface area (Å²) >= 11 is 6.39. The molecule has 7 heteroatoms. The van der Waals surface area contributed by atoms with E-state index in [9.17, 15) is 9.59 Å². The second kappa shape index (κ2) is 8.74. The van der Waals surface area contributed by atoms with E-state index in [1.54, 1.807) is 17.0 Å². The van der Waals surface area contributed by atoms with E-state index in [4.69, 9.17) is 21.1 Å². The number of hydrogen-bond acceptors (Lipinski definition) is 4. The van der Waals surface area contributed by atoms with Gasteiger partial charge in [0, 0.05) is 31.5 Å². The van der Waals surface area contributed by atoms with Crippen LogP contribution in [0.1, 0.15) is 37.3 Å². The molecule has 4 rings (SSSR count). The van der Waals surface area contributed by atoms with E-state index >= 15 is 0 Å². The van der Waals surface area contributed by atoms with E-state index in [1.807, 2.05) is 30.3 Å². The van der Waals surface area contributed by atoms with Gasteiger partial charge in [0.15, 0.2) is 11.5 Å². The van der Waals surface area contributed by atoms with Crippen molar-refractivity contribution in [2.24, 2.45) is 0 Å². The Morgan fingerprint density at radius 3 is 2.48 bits per heavy atom. The van der Waals surface area contributed by atoms with Gasteiger partial charge in [0.2, 0.25) is 5.91 Å². The van der Waals surface area contributed by atoms with Crippen LogP contribution in [0.3, 0.4) is 0 Å². The van der Waals surface area contributed by atoms with Gasteiger partial charge in [-0.25, -0.2) is 0 Å². The summed E-state index contributed by atoms with van der Waals surface area (Å²) < 4.78 is 11.3. The molecule has 1 saturated heterocycles. The molecule has 2 aromatic rings. The van der Waals surface area contributed by atoms with Crippen molar-refractivity contribution in [3.05, 3.63) is 53.1 Å². The average molecular weight is 415 g/mol. The summed E-state index contributed by atoms with van der Waals surface area (Å²) in [6.45, 7) is 1.65. The number of rotatable bonds is 4. The number of amides is 2. The lowest BCUT2D eigenvalue weighted by Gasteiger charge is -2.34. The quantitative estimate of drug-likeness (QED) is 0.814. The number of piperidine rings is 1. The summed E-state index contributed by atoms with van der Waals surface area (Å²) in [6, 6.07) is 12.0. The van der Waals surface area contributed by atoms with Crippen LogP contribution in [-0.2, 0) is 9.59 Å². The van der Waals surface area contributed by atoms with Gasteiger partial charge in [-0.1, -0.05) is 41.9 Å². The van der Waals surface area contributed by atoms with E-state index in [1.165, 1.54) is 0 Å². The smallest absolute Gasteiger partial charge is 0.251 e. The van der Waals surface area contributed by atoms with Gasteiger partial charge in [0.1, 0.15) is 6.04 Å². The number of nitrogens with zero attached hydrogens (tertiary/aromatic N) is 1. The van der Waals surface area contributed by atoms with Gasteiger partial charge in [0.05, 0.1) is 23.9 Å². The van der Waals surface area contributed by atoms with E-state index in [-0.39, 0.29) is 11.8 Å². The van der Waals surface area contributed by atoms with Gasteiger partial charge in [-0.15, -0.1) is 0 Å². The molecule has 1 unspecified atom stereocenters. The zero-order chi connectivity index (χ0) is 20.2. The van der Waals surface area contributed by atoms with Gasteiger partial charge in [-0.3, -0.25) is 9.59 Å². The van der Waals surface area contributed by atoms with Crippen LogP contribution in [0.4, 0.5) is 5.69 Å². The second-order valence-corrected chi connectivity index (χ2v) is 7.58. The van der Waals surface area contributed by atoms with E-state index in [0.29, 0.717) is 48.4 Å². The minimum atomic E-state index is -0.712. The van der Waals surface area contributed by atoms with Crippen LogP contribution in [0.2, 0.25) is 5.02 Å². The second-order valence-electron chi connectivity index (χ2n) is 7.18. The Hall–Kier alpha value is -2.73. The molecule has 2 heterocycles. The first-order valence-electron chi connectivity index (χ1n) is 9.88. The molecule has 0 aromatic heterocycles. The molecule has 1 atom stereocenters. The van der Waals surface area contributed by atoms with Crippen LogP contribution < -0.4 is 14.8 Å². The molecule has 0 saturated carbocycles. The first-order valence-corrected chi connectivity index (χ1v) is 10.3. The topological polar surface area (TPSA) is 67.9 Å². The number of nitrogens with one attached hydrogen (secondary N) is 1. The van der Waals surface area contributed by atoms with E-state index in [2.05, 4.69) is 5.32 Å². The number of likely N-dealkylation sites (tertiary alicyclic amines) is 1. The van der Waals surface area contributed by atoms with Crippen LogP contribution in [-0.4, -0.2) is 36.5 Å². The fourth-order valence-corrected chi connectivity index (χ4v) is 3.89. The molecular weight excluding hydrogens is 392 g/mol. The lowest BCUT2D eigenvalue weighted by atomic mass is 10.0. The molecule has 0 aliphatic carbocycles. The number of ether oxygens (including phenoxy) is 2. The van der Waals surface area contributed by atoms with Crippen LogP contribution in [0, 0.1) is 0 Å². The molecule has 2 aliphatic heterocycles. The maximum Gasteiger partial charge on any atom is 0.251 e.